The van der Waals surface area contributed by atoms with Crippen LogP contribution in [0.25, 0.3) is 0 Å². The minimum absolute atomic E-state index is 0.0138. The molecule has 4 aromatic rings. The number of benzene rings is 4. The normalized spacial score (nSPS) is 14.5. The summed E-state index contributed by atoms with van der Waals surface area (Å²) in [6, 6.07) is 35.9. The van der Waals surface area contributed by atoms with Crippen LogP contribution in [0.4, 0.5) is 21.5 Å². The van der Waals surface area contributed by atoms with Crippen molar-refractivity contribution in [1.29, 1.82) is 5.26 Å². The second-order valence-corrected chi connectivity index (χ2v) is 10.5. The Kier molecular flexibility index (Phi) is 8.81. The maximum atomic E-state index is 15.2. The van der Waals surface area contributed by atoms with Crippen LogP contribution in [0.1, 0.15) is 18.4 Å². The Morgan fingerprint density at radius 2 is 1.43 bits per heavy atom. The smallest absolute Gasteiger partial charge is 0.254 e. The van der Waals surface area contributed by atoms with Crippen LogP contribution in [0.3, 0.4) is 0 Å². The number of rotatable bonds is 8. The van der Waals surface area contributed by atoms with Crippen LogP contribution in [0.2, 0.25) is 0 Å². The predicted molar refractivity (Wildman–Crippen MR) is 165 cm³/mol. The summed E-state index contributed by atoms with van der Waals surface area (Å²) in [5.74, 6) is -2.18. The molecule has 0 radical (unpaired) electrons. The van der Waals surface area contributed by atoms with E-state index in [9.17, 15) is 14.9 Å². The fourth-order valence-electron chi connectivity index (χ4n) is 4.86. The molecule has 5 rings (SSSR count). The summed E-state index contributed by atoms with van der Waals surface area (Å²) in [5.41, 5.74) is 3.05. The van der Waals surface area contributed by atoms with Gasteiger partial charge in [0.25, 0.3) is 5.91 Å². The number of halogens is 1. The van der Waals surface area contributed by atoms with Gasteiger partial charge in [0, 0.05) is 33.9 Å². The lowest BCUT2D eigenvalue weighted by Gasteiger charge is -2.30. The van der Waals surface area contributed by atoms with Crippen LogP contribution < -0.4 is 15.5 Å². The Labute approximate surface area is 248 Å². The summed E-state index contributed by atoms with van der Waals surface area (Å²) in [6.07, 6.45) is 0. The van der Waals surface area contributed by atoms with E-state index in [2.05, 4.69) is 16.7 Å². The number of dihydropyridines is 1. The summed E-state index contributed by atoms with van der Waals surface area (Å²) in [5, 5.41) is 16.8. The van der Waals surface area contributed by atoms with Gasteiger partial charge in [-0.05, 0) is 49.4 Å². The van der Waals surface area contributed by atoms with Crippen molar-refractivity contribution in [2.75, 3.05) is 16.0 Å². The highest BCUT2D eigenvalue weighted by Crippen LogP contribution is 2.42. The Morgan fingerprint density at radius 3 is 2.00 bits per heavy atom. The van der Waals surface area contributed by atoms with Crippen molar-refractivity contribution in [2.24, 2.45) is 0 Å². The largest absolute Gasteiger partial charge is 0.353 e. The molecular weight excluding hydrogens is 547 g/mol. The van der Waals surface area contributed by atoms with E-state index < -0.39 is 17.6 Å². The molecule has 2 amide bonds. The number of thioether (sulfide) groups is 1. The van der Waals surface area contributed by atoms with Gasteiger partial charge in [-0.25, -0.2) is 4.39 Å². The lowest BCUT2D eigenvalue weighted by molar-refractivity contribution is -0.115. The van der Waals surface area contributed by atoms with Gasteiger partial charge in [0.1, 0.15) is 5.82 Å². The highest BCUT2D eigenvalue weighted by Gasteiger charge is 2.36. The number of nitrogens with one attached hydrogen (secondary N) is 2. The molecule has 4 aromatic carbocycles. The summed E-state index contributed by atoms with van der Waals surface area (Å²) in [7, 11) is 0. The fourth-order valence-corrected chi connectivity index (χ4v) is 5.80. The van der Waals surface area contributed by atoms with Crippen molar-refractivity contribution in [2.45, 2.75) is 12.8 Å². The SMILES string of the molecule is CC1=C(C(=O)Nc2ccccc2)C(c2ccccc2F)C(C#N)=C(SCC(=O)N(c2ccccc2)c2ccccc2)N1. The third-order valence-electron chi connectivity index (χ3n) is 6.76. The van der Waals surface area contributed by atoms with Crippen molar-refractivity contribution in [3.8, 4) is 6.07 Å². The van der Waals surface area contributed by atoms with Crippen molar-refractivity contribution in [1.82, 2.24) is 5.32 Å². The average molecular weight is 575 g/mol. The van der Waals surface area contributed by atoms with E-state index in [1.165, 1.54) is 6.07 Å². The van der Waals surface area contributed by atoms with Crippen molar-refractivity contribution in [3.63, 3.8) is 0 Å². The van der Waals surface area contributed by atoms with E-state index in [1.54, 1.807) is 54.3 Å². The number of hydrogen-bond acceptors (Lipinski definition) is 5. The van der Waals surface area contributed by atoms with E-state index in [0.29, 0.717) is 27.8 Å². The van der Waals surface area contributed by atoms with Crippen LogP contribution in [-0.2, 0) is 9.59 Å². The molecule has 1 atom stereocenters. The summed E-state index contributed by atoms with van der Waals surface area (Å²) in [6.45, 7) is 1.71. The van der Waals surface area contributed by atoms with Gasteiger partial charge in [0.05, 0.1) is 28.3 Å². The van der Waals surface area contributed by atoms with Gasteiger partial charge in [-0.15, -0.1) is 0 Å². The first-order valence-corrected chi connectivity index (χ1v) is 14.2. The first-order chi connectivity index (χ1) is 20.5. The van der Waals surface area contributed by atoms with Gasteiger partial charge in [-0.3, -0.25) is 14.5 Å². The zero-order chi connectivity index (χ0) is 29.5. The van der Waals surface area contributed by atoms with E-state index in [-0.39, 0.29) is 28.4 Å². The molecule has 42 heavy (non-hydrogen) atoms. The highest BCUT2D eigenvalue weighted by atomic mass is 32.2. The second kappa shape index (κ2) is 13.0. The number of allylic oxidation sites excluding steroid dienone is 2. The van der Waals surface area contributed by atoms with E-state index in [1.807, 2.05) is 66.7 Å². The van der Waals surface area contributed by atoms with Crippen LogP contribution >= 0.6 is 11.8 Å². The van der Waals surface area contributed by atoms with Crippen molar-refractivity contribution >= 4 is 40.6 Å². The molecule has 2 N–H and O–H groups in total. The molecule has 0 saturated carbocycles. The zero-order valence-electron chi connectivity index (χ0n) is 22.8. The van der Waals surface area contributed by atoms with Gasteiger partial charge in [0.15, 0.2) is 0 Å². The topological polar surface area (TPSA) is 85.2 Å². The molecule has 0 spiro atoms. The molecule has 8 heteroatoms. The third kappa shape index (κ3) is 6.12. The molecule has 1 heterocycles. The first kappa shape index (κ1) is 28.4. The molecule has 1 aliphatic heterocycles. The lowest BCUT2D eigenvalue weighted by atomic mass is 9.82. The summed E-state index contributed by atoms with van der Waals surface area (Å²) < 4.78 is 15.2. The lowest BCUT2D eigenvalue weighted by Crippen LogP contribution is -2.32. The van der Waals surface area contributed by atoms with Gasteiger partial charge in [0.2, 0.25) is 5.91 Å². The van der Waals surface area contributed by atoms with Crippen LogP contribution in [0, 0.1) is 17.1 Å². The van der Waals surface area contributed by atoms with Crippen molar-refractivity contribution in [3.05, 3.63) is 149 Å². The van der Waals surface area contributed by atoms with Crippen LogP contribution in [-0.4, -0.2) is 17.6 Å². The fraction of sp³-hybridized carbons (Fsp3) is 0.0882. The Hall–Kier alpha value is -5.13. The van der Waals surface area contributed by atoms with Gasteiger partial charge < -0.3 is 10.6 Å². The molecule has 1 unspecified atom stereocenters. The standard InChI is InChI=1S/C34H27FN4O2S/c1-23-31(33(41)38-24-13-5-2-6-14-24)32(27-19-11-12-20-29(27)35)28(21-36)34(37-23)42-22-30(40)39(25-15-7-3-8-16-25)26-17-9-4-10-18-26/h2-20,32,37H,22H2,1H3,(H,38,41). The number of nitrogens with zero attached hydrogens (tertiary/aromatic N) is 2. The number of carbonyl (C=O) groups is 2. The van der Waals surface area contributed by atoms with Gasteiger partial charge in [-0.2, -0.15) is 5.26 Å². The summed E-state index contributed by atoms with van der Waals surface area (Å²) in [4.78, 5) is 28.9. The molecule has 0 fully saturated rings. The maximum Gasteiger partial charge on any atom is 0.254 e. The predicted octanol–water partition coefficient (Wildman–Crippen LogP) is 7.26. The van der Waals surface area contributed by atoms with Crippen molar-refractivity contribution < 1.29 is 14.0 Å². The van der Waals surface area contributed by atoms with Gasteiger partial charge >= 0.3 is 0 Å². The molecule has 0 aromatic heterocycles. The molecule has 208 valence electrons. The van der Waals surface area contributed by atoms with E-state index in [0.717, 1.165) is 11.8 Å². The zero-order valence-corrected chi connectivity index (χ0v) is 23.6. The number of amides is 2. The average Bonchev–Trinajstić information content (AvgIpc) is 3.01. The first-order valence-electron chi connectivity index (χ1n) is 13.3. The second-order valence-electron chi connectivity index (χ2n) is 9.48. The molecule has 6 nitrogen and oxygen atoms in total. The molecule has 1 aliphatic rings. The minimum atomic E-state index is -0.974. The van der Waals surface area contributed by atoms with Gasteiger partial charge in [-0.1, -0.05) is 84.6 Å². The molecular formula is C34H27FN4O2S. The molecule has 0 saturated heterocycles. The van der Waals surface area contributed by atoms with E-state index in [4.69, 9.17) is 0 Å². The number of para-hydroxylation sites is 3. The number of hydrogen-bond donors (Lipinski definition) is 2. The van der Waals surface area contributed by atoms with Crippen LogP contribution in [0.15, 0.2) is 137 Å². The van der Waals surface area contributed by atoms with Crippen LogP contribution in [0.5, 0.6) is 0 Å². The number of carbonyl (C=O) groups excluding carboxylic acids is 2. The number of nitriles is 1. The third-order valence-corrected chi connectivity index (χ3v) is 7.76. The Morgan fingerprint density at radius 1 is 0.881 bits per heavy atom. The number of anilines is 3. The quantitative estimate of drug-likeness (QED) is 0.231. The highest BCUT2D eigenvalue weighted by molar-refractivity contribution is 8.03. The summed E-state index contributed by atoms with van der Waals surface area (Å²) >= 11 is 1.15. The Balaban J connectivity index is 1.49. The molecule has 0 aliphatic carbocycles. The molecule has 0 bridgehead atoms. The minimum Gasteiger partial charge on any atom is -0.353 e. The van der Waals surface area contributed by atoms with E-state index >= 15 is 4.39 Å². The maximum absolute atomic E-state index is 15.2. The Bertz CT molecular complexity index is 1660. The monoisotopic (exact) mass is 574 g/mol.